The number of nitrogens with zero attached hydrogens (tertiary/aromatic N) is 6. The van der Waals surface area contributed by atoms with Crippen molar-refractivity contribution in [3.8, 4) is 0 Å². The van der Waals surface area contributed by atoms with Crippen molar-refractivity contribution < 1.29 is 4.79 Å². The lowest BCUT2D eigenvalue weighted by Crippen LogP contribution is -2.33. The van der Waals surface area contributed by atoms with Crippen LogP contribution in [0.15, 0.2) is 18.3 Å². The zero-order valence-corrected chi connectivity index (χ0v) is 17.2. The molecule has 7 heteroatoms. The van der Waals surface area contributed by atoms with Gasteiger partial charge in [0.25, 0.3) is 5.91 Å². The van der Waals surface area contributed by atoms with Crippen LogP contribution in [-0.4, -0.2) is 70.5 Å². The number of carbonyl (C=O) groups excluding carboxylic acids is 1. The van der Waals surface area contributed by atoms with E-state index in [1.54, 1.807) is 11.9 Å². The number of hydrogen-bond acceptors (Lipinski definition) is 5. The molecule has 3 heterocycles. The highest BCUT2D eigenvalue weighted by Gasteiger charge is 2.28. The Morgan fingerprint density at radius 3 is 2.59 bits per heavy atom. The van der Waals surface area contributed by atoms with Crippen LogP contribution in [-0.2, 0) is 13.6 Å². The van der Waals surface area contributed by atoms with Gasteiger partial charge in [-0.1, -0.05) is 0 Å². The fourth-order valence-corrected chi connectivity index (χ4v) is 3.52. The predicted molar refractivity (Wildman–Crippen MR) is 107 cm³/mol. The van der Waals surface area contributed by atoms with E-state index >= 15 is 0 Å². The molecule has 1 aliphatic rings. The van der Waals surface area contributed by atoms with Crippen molar-refractivity contribution in [3.63, 3.8) is 0 Å². The number of aromatic nitrogens is 3. The van der Waals surface area contributed by atoms with Gasteiger partial charge in [0.1, 0.15) is 5.82 Å². The number of carbonyl (C=O) groups is 1. The van der Waals surface area contributed by atoms with Gasteiger partial charge in [0.15, 0.2) is 0 Å². The molecule has 0 aromatic carbocycles. The minimum atomic E-state index is -0.149. The maximum Gasteiger partial charge on any atom is 0.291 e. The van der Waals surface area contributed by atoms with E-state index < -0.39 is 0 Å². The molecule has 0 saturated carbocycles. The Balaban J connectivity index is 1.83. The van der Waals surface area contributed by atoms with Crippen molar-refractivity contribution in [1.29, 1.82) is 0 Å². The zero-order valence-electron chi connectivity index (χ0n) is 17.2. The Bertz CT molecular complexity index is 828. The number of hydrogen-bond donors (Lipinski definition) is 0. The minimum absolute atomic E-state index is 0.149. The van der Waals surface area contributed by atoms with Crippen LogP contribution in [0.2, 0.25) is 0 Å². The second-order valence-electron chi connectivity index (χ2n) is 7.71. The maximum atomic E-state index is 13.0. The first-order chi connectivity index (χ1) is 12.8. The molecule has 0 aliphatic carbocycles. The molecule has 0 unspecified atom stereocenters. The quantitative estimate of drug-likeness (QED) is 0.804. The smallest absolute Gasteiger partial charge is 0.291 e. The zero-order chi connectivity index (χ0) is 19.7. The second-order valence-corrected chi connectivity index (χ2v) is 7.71. The van der Waals surface area contributed by atoms with Gasteiger partial charge in [0, 0.05) is 56.4 Å². The molecule has 27 heavy (non-hydrogen) atoms. The lowest BCUT2D eigenvalue weighted by molar-refractivity contribution is 0.0770. The molecule has 2 aromatic heterocycles. The number of anilines is 1. The van der Waals surface area contributed by atoms with Gasteiger partial charge in [0.2, 0.25) is 5.82 Å². The number of rotatable bonds is 5. The van der Waals surface area contributed by atoms with Gasteiger partial charge in [-0.2, -0.15) is 0 Å². The molecule has 0 bridgehead atoms. The highest BCUT2D eigenvalue weighted by atomic mass is 16.2. The van der Waals surface area contributed by atoms with Gasteiger partial charge < -0.3 is 19.3 Å². The lowest BCUT2D eigenvalue weighted by atomic mass is 10.2. The molecule has 3 rings (SSSR count). The first-order valence-electron chi connectivity index (χ1n) is 9.40. The van der Waals surface area contributed by atoms with Gasteiger partial charge in [-0.15, -0.1) is 0 Å². The van der Waals surface area contributed by atoms with Crippen molar-refractivity contribution >= 4 is 11.7 Å². The molecule has 1 atom stereocenters. The van der Waals surface area contributed by atoms with Crippen molar-refractivity contribution in [2.24, 2.45) is 7.05 Å². The largest absolute Gasteiger partial charge is 0.355 e. The standard InChI is InChI=1S/C20H30N6O/c1-14-15(2)21-18(20(27)25(6)12-17-8-7-10-24(17)5)22-19(14)26-11-9-16(13-26)23(3)4/h7-8,10,16H,9,11-13H2,1-6H3/t16-/m1/s1. The summed E-state index contributed by atoms with van der Waals surface area (Å²) in [4.78, 5) is 28.3. The summed E-state index contributed by atoms with van der Waals surface area (Å²) in [5.74, 6) is 1.02. The van der Waals surface area contributed by atoms with Gasteiger partial charge in [-0.3, -0.25) is 4.79 Å². The van der Waals surface area contributed by atoms with Crippen LogP contribution in [0.4, 0.5) is 5.82 Å². The van der Waals surface area contributed by atoms with E-state index in [1.165, 1.54) is 0 Å². The average Bonchev–Trinajstić information content (AvgIpc) is 3.26. The van der Waals surface area contributed by atoms with Crippen LogP contribution in [0.1, 0.15) is 34.0 Å². The highest BCUT2D eigenvalue weighted by molar-refractivity contribution is 5.90. The summed E-state index contributed by atoms with van der Waals surface area (Å²) < 4.78 is 2.02. The molecule has 1 fully saturated rings. The molecule has 146 valence electrons. The fourth-order valence-electron chi connectivity index (χ4n) is 3.52. The number of amides is 1. The van der Waals surface area contributed by atoms with Crippen LogP contribution < -0.4 is 4.90 Å². The predicted octanol–water partition coefficient (Wildman–Crippen LogP) is 1.84. The van der Waals surface area contributed by atoms with Gasteiger partial charge in [-0.25, -0.2) is 9.97 Å². The van der Waals surface area contributed by atoms with E-state index in [1.807, 2.05) is 43.8 Å². The van der Waals surface area contributed by atoms with E-state index in [9.17, 15) is 4.79 Å². The SMILES string of the molecule is Cc1nc(C(=O)N(C)Cc2cccn2C)nc(N2CC[C@@H](N(C)C)C2)c1C. The molecule has 1 amide bonds. The number of likely N-dealkylation sites (N-methyl/N-ethyl adjacent to an activating group) is 1. The Morgan fingerprint density at radius 2 is 2.00 bits per heavy atom. The fraction of sp³-hybridized carbons (Fsp3) is 0.550. The Hall–Kier alpha value is -2.41. The second kappa shape index (κ2) is 7.68. The number of aryl methyl sites for hydroxylation is 2. The molecule has 0 spiro atoms. The average molecular weight is 371 g/mol. The highest BCUT2D eigenvalue weighted by Crippen LogP contribution is 2.25. The monoisotopic (exact) mass is 370 g/mol. The summed E-state index contributed by atoms with van der Waals surface area (Å²) in [7, 11) is 8.00. The van der Waals surface area contributed by atoms with Crippen LogP contribution in [0, 0.1) is 13.8 Å². The molecule has 1 aliphatic heterocycles. The summed E-state index contributed by atoms with van der Waals surface area (Å²) in [6.45, 7) is 6.40. The third-order valence-corrected chi connectivity index (χ3v) is 5.55. The Labute approximate surface area is 161 Å². The van der Waals surface area contributed by atoms with E-state index in [0.717, 1.165) is 42.3 Å². The van der Waals surface area contributed by atoms with Gasteiger partial charge in [-0.05, 0) is 46.5 Å². The molecule has 2 aromatic rings. The van der Waals surface area contributed by atoms with Gasteiger partial charge in [0.05, 0.1) is 6.54 Å². The van der Waals surface area contributed by atoms with E-state index in [-0.39, 0.29) is 11.7 Å². The minimum Gasteiger partial charge on any atom is -0.355 e. The first kappa shape index (κ1) is 19.4. The van der Waals surface area contributed by atoms with E-state index in [2.05, 4.69) is 33.9 Å². The van der Waals surface area contributed by atoms with Crippen molar-refractivity contribution in [2.45, 2.75) is 32.9 Å². The first-order valence-corrected chi connectivity index (χ1v) is 9.40. The van der Waals surface area contributed by atoms with E-state index in [4.69, 9.17) is 0 Å². The molecular weight excluding hydrogens is 340 g/mol. The maximum absolute atomic E-state index is 13.0. The molecule has 1 saturated heterocycles. The van der Waals surface area contributed by atoms with Crippen molar-refractivity contribution in [3.05, 3.63) is 41.1 Å². The summed E-state index contributed by atoms with van der Waals surface area (Å²) in [6, 6.07) is 4.51. The summed E-state index contributed by atoms with van der Waals surface area (Å²) >= 11 is 0. The van der Waals surface area contributed by atoms with Crippen molar-refractivity contribution in [2.75, 3.05) is 39.1 Å². The van der Waals surface area contributed by atoms with Crippen LogP contribution in [0.25, 0.3) is 0 Å². The molecule has 0 N–H and O–H groups in total. The molecule has 0 radical (unpaired) electrons. The van der Waals surface area contributed by atoms with Crippen LogP contribution >= 0.6 is 0 Å². The summed E-state index contributed by atoms with van der Waals surface area (Å²) in [5.41, 5.74) is 2.99. The van der Waals surface area contributed by atoms with Gasteiger partial charge >= 0.3 is 0 Å². The third-order valence-electron chi connectivity index (χ3n) is 5.55. The normalized spacial score (nSPS) is 17.0. The summed E-state index contributed by atoms with van der Waals surface area (Å²) in [6.07, 6.45) is 3.08. The Morgan fingerprint density at radius 1 is 1.26 bits per heavy atom. The molecular formula is C20H30N6O. The Kier molecular flexibility index (Phi) is 5.51. The van der Waals surface area contributed by atoms with Crippen molar-refractivity contribution in [1.82, 2.24) is 24.3 Å². The third kappa shape index (κ3) is 3.98. The molecule has 7 nitrogen and oxygen atoms in total. The summed E-state index contributed by atoms with van der Waals surface area (Å²) in [5, 5.41) is 0. The van der Waals surface area contributed by atoms with E-state index in [0.29, 0.717) is 12.6 Å². The van der Waals surface area contributed by atoms with Crippen LogP contribution in [0.3, 0.4) is 0 Å². The lowest BCUT2D eigenvalue weighted by Gasteiger charge is -2.24. The topological polar surface area (TPSA) is 57.5 Å². The van der Waals surface area contributed by atoms with Crippen LogP contribution in [0.5, 0.6) is 0 Å².